The molecule has 8 heteroatoms. The molecular formula is C15H15N5O3. The highest BCUT2D eigenvalue weighted by Crippen LogP contribution is 2.04. The number of likely N-dealkylation sites (N-methyl/N-ethyl adjacent to an activating group) is 1. The van der Waals surface area contributed by atoms with Crippen molar-refractivity contribution in [1.29, 1.82) is 0 Å². The van der Waals surface area contributed by atoms with Gasteiger partial charge in [0.15, 0.2) is 17.2 Å². The van der Waals surface area contributed by atoms with Crippen molar-refractivity contribution in [2.75, 3.05) is 13.6 Å². The minimum absolute atomic E-state index is 0.0731. The molecule has 0 atom stereocenters. The first-order valence-corrected chi connectivity index (χ1v) is 6.99. The van der Waals surface area contributed by atoms with Gasteiger partial charge in [-0.05, 0) is 24.3 Å². The van der Waals surface area contributed by atoms with Gasteiger partial charge in [0.05, 0.1) is 19.4 Å². The van der Waals surface area contributed by atoms with E-state index in [0.29, 0.717) is 11.5 Å². The molecule has 0 radical (unpaired) electrons. The number of pyridine rings is 1. The van der Waals surface area contributed by atoms with Gasteiger partial charge in [0.2, 0.25) is 5.91 Å². The van der Waals surface area contributed by atoms with Crippen LogP contribution in [0.4, 0.5) is 0 Å². The molecule has 23 heavy (non-hydrogen) atoms. The fourth-order valence-electron chi connectivity index (χ4n) is 2.12. The van der Waals surface area contributed by atoms with Gasteiger partial charge in [0, 0.05) is 13.2 Å². The summed E-state index contributed by atoms with van der Waals surface area (Å²) >= 11 is 0. The molecule has 0 unspecified atom stereocenters. The third kappa shape index (κ3) is 3.20. The lowest BCUT2D eigenvalue weighted by atomic mass is 10.4. The first-order valence-electron chi connectivity index (χ1n) is 6.99. The van der Waals surface area contributed by atoms with Gasteiger partial charge in [-0.15, -0.1) is 10.2 Å². The Morgan fingerprint density at radius 1 is 1.26 bits per heavy atom. The van der Waals surface area contributed by atoms with Crippen LogP contribution >= 0.6 is 0 Å². The number of nitrogens with zero attached hydrogens (tertiary/aromatic N) is 4. The van der Waals surface area contributed by atoms with Gasteiger partial charge < -0.3 is 14.6 Å². The molecule has 0 fully saturated rings. The Hall–Kier alpha value is -3.16. The molecule has 1 N–H and O–H groups in total. The Morgan fingerprint density at radius 2 is 2.13 bits per heavy atom. The van der Waals surface area contributed by atoms with Crippen LogP contribution in [0, 0.1) is 0 Å². The highest BCUT2D eigenvalue weighted by atomic mass is 16.3. The number of hydrogen-bond donors (Lipinski definition) is 1. The highest BCUT2D eigenvalue weighted by molar-refractivity contribution is 5.94. The lowest BCUT2D eigenvalue weighted by Crippen LogP contribution is -2.38. The van der Waals surface area contributed by atoms with Gasteiger partial charge in [-0.2, -0.15) is 0 Å². The average Bonchev–Trinajstić information content (AvgIpc) is 3.22. The third-order valence-electron chi connectivity index (χ3n) is 3.29. The minimum Gasteiger partial charge on any atom is -0.459 e. The van der Waals surface area contributed by atoms with E-state index in [0.717, 1.165) is 0 Å². The van der Waals surface area contributed by atoms with Crippen molar-refractivity contribution in [1.82, 2.24) is 24.8 Å². The molecule has 3 aromatic rings. The Morgan fingerprint density at radius 3 is 2.91 bits per heavy atom. The van der Waals surface area contributed by atoms with Crippen molar-refractivity contribution in [3.8, 4) is 0 Å². The summed E-state index contributed by atoms with van der Waals surface area (Å²) in [4.78, 5) is 25.2. The number of carbonyl (C=O) groups is 2. The molecule has 0 bridgehead atoms. The van der Waals surface area contributed by atoms with Gasteiger partial charge in [0.1, 0.15) is 0 Å². The summed E-state index contributed by atoms with van der Waals surface area (Å²) in [5.74, 6) is 0.177. The number of hydrogen-bond acceptors (Lipinski definition) is 5. The first-order chi connectivity index (χ1) is 11.1. The molecule has 3 heterocycles. The third-order valence-corrected chi connectivity index (χ3v) is 3.29. The van der Waals surface area contributed by atoms with Gasteiger partial charge in [-0.3, -0.25) is 14.0 Å². The Kier molecular flexibility index (Phi) is 4.05. The van der Waals surface area contributed by atoms with Crippen molar-refractivity contribution in [3.63, 3.8) is 0 Å². The molecular weight excluding hydrogens is 298 g/mol. The highest BCUT2D eigenvalue weighted by Gasteiger charge is 2.17. The summed E-state index contributed by atoms with van der Waals surface area (Å²) in [5.41, 5.74) is 0.710. The van der Waals surface area contributed by atoms with Gasteiger partial charge in [0.25, 0.3) is 5.91 Å². The summed E-state index contributed by atoms with van der Waals surface area (Å²) in [6.07, 6.45) is 3.24. The second-order valence-electron chi connectivity index (χ2n) is 4.96. The van der Waals surface area contributed by atoms with E-state index in [9.17, 15) is 9.59 Å². The number of amides is 2. The largest absolute Gasteiger partial charge is 0.459 e. The SMILES string of the molecule is CN(CC(=O)NCc1nnc2ccccn12)C(=O)c1ccco1. The van der Waals surface area contributed by atoms with Crippen LogP contribution in [0.2, 0.25) is 0 Å². The predicted molar refractivity (Wildman–Crippen MR) is 80.5 cm³/mol. The molecule has 0 aromatic carbocycles. The zero-order chi connectivity index (χ0) is 16.2. The Labute approximate surface area is 131 Å². The molecule has 3 rings (SSSR count). The lowest BCUT2D eigenvalue weighted by molar-refractivity contribution is -0.121. The maximum absolute atomic E-state index is 12.0. The summed E-state index contributed by atoms with van der Waals surface area (Å²) in [7, 11) is 1.54. The van der Waals surface area contributed by atoms with Crippen LogP contribution < -0.4 is 5.32 Å². The van der Waals surface area contributed by atoms with E-state index in [1.54, 1.807) is 16.5 Å². The molecule has 0 aliphatic heterocycles. The fraction of sp³-hybridized carbons (Fsp3) is 0.200. The monoisotopic (exact) mass is 313 g/mol. The van der Waals surface area contributed by atoms with E-state index in [1.165, 1.54) is 18.2 Å². The average molecular weight is 313 g/mol. The normalized spacial score (nSPS) is 10.7. The topological polar surface area (TPSA) is 92.7 Å². The molecule has 8 nitrogen and oxygen atoms in total. The summed E-state index contributed by atoms with van der Waals surface area (Å²) in [6, 6.07) is 8.73. The number of nitrogens with one attached hydrogen (secondary N) is 1. The summed E-state index contributed by atoms with van der Waals surface area (Å²) in [5, 5.41) is 10.8. The van der Waals surface area contributed by atoms with Crippen molar-refractivity contribution >= 4 is 17.5 Å². The van der Waals surface area contributed by atoms with Crippen LogP contribution in [0.25, 0.3) is 5.65 Å². The number of fused-ring (bicyclic) bond motifs is 1. The maximum Gasteiger partial charge on any atom is 0.289 e. The van der Waals surface area contributed by atoms with Crippen LogP contribution in [0.15, 0.2) is 47.2 Å². The fourth-order valence-corrected chi connectivity index (χ4v) is 2.12. The van der Waals surface area contributed by atoms with Crippen LogP contribution in [-0.4, -0.2) is 44.9 Å². The molecule has 3 aromatic heterocycles. The standard InChI is InChI=1S/C15H15N5O3/c1-19(15(22)11-5-4-8-23-11)10-14(21)16-9-13-18-17-12-6-2-3-7-20(12)13/h2-8H,9-10H2,1H3,(H,16,21). The van der Waals surface area contributed by atoms with Crippen LogP contribution in [0.5, 0.6) is 0 Å². The minimum atomic E-state index is -0.349. The summed E-state index contributed by atoms with van der Waals surface area (Å²) < 4.78 is 6.81. The smallest absolute Gasteiger partial charge is 0.289 e. The quantitative estimate of drug-likeness (QED) is 0.749. The predicted octanol–water partition coefficient (Wildman–Crippen LogP) is 0.711. The lowest BCUT2D eigenvalue weighted by Gasteiger charge is -2.15. The molecule has 0 aliphatic carbocycles. The van der Waals surface area contributed by atoms with Gasteiger partial charge in [-0.25, -0.2) is 0 Å². The van der Waals surface area contributed by atoms with E-state index in [1.807, 2.05) is 24.4 Å². The zero-order valence-corrected chi connectivity index (χ0v) is 12.5. The number of aromatic nitrogens is 3. The van der Waals surface area contributed by atoms with E-state index in [-0.39, 0.29) is 30.7 Å². The number of furan rings is 1. The van der Waals surface area contributed by atoms with Gasteiger partial charge >= 0.3 is 0 Å². The summed E-state index contributed by atoms with van der Waals surface area (Å²) in [6.45, 7) is 0.156. The second kappa shape index (κ2) is 6.30. The molecule has 2 amide bonds. The van der Waals surface area contributed by atoms with Crippen molar-refractivity contribution in [2.45, 2.75) is 6.54 Å². The van der Waals surface area contributed by atoms with E-state index < -0.39 is 0 Å². The molecule has 118 valence electrons. The molecule has 0 aliphatic rings. The zero-order valence-electron chi connectivity index (χ0n) is 12.5. The Bertz CT molecular complexity index is 825. The van der Waals surface area contributed by atoms with Crippen molar-refractivity contribution in [3.05, 3.63) is 54.4 Å². The molecule has 0 saturated carbocycles. The molecule has 0 spiro atoms. The number of carbonyl (C=O) groups excluding carboxylic acids is 2. The van der Waals surface area contributed by atoms with Gasteiger partial charge in [-0.1, -0.05) is 6.07 Å². The second-order valence-corrected chi connectivity index (χ2v) is 4.96. The first kappa shape index (κ1) is 14.8. The maximum atomic E-state index is 12.0. The van der Waals surface area contributed by atoms with Crippen LogP contribution in [0.1, 0.15) is 16.4 Å². The van der Waals surface area contributed by atoms with Crippen LogP contribution in [-0.2, 0) is 11.3 Å². The van der Waals surface area contributed by atoms with E-state index in [2.05, 4.69) is 15.5 Å². The molecule has 0 saturated heterocycles. The van der Waals surface area contributed by atoms with Crippen molar-refractivity contribution in [2.24, 2.45) is 0 Å². The van der Waals surface area contributed by atoms with E-state index >= 15 is 0 Å². The Balaban J connectivity index is 1.56. The number of rotatable bonds is 5. The van der Waals surface area contributed by atoms with Crippen LogP contribution in [0.3, 0.4) is 0 Å². The van der Waals surface area contributed by atoms with E-state index in [4.69, 9.17) is 4.42 Å². The van der Waals surface area contributed by atoms with Crippen molar-refractivity contribution < 1.29 is 14.0 Å².